The third-order valence-corrected chi connectivity index (χ3v) is 4.33. The number of sulfonamides is 1. The Morgan fingerprint density at radius 1 is 0.950 bits per heavy atom. The van der Waals surface area contributed by atoms with Crippen LogP contribution in [-0.4, -0.2) is 8.42 Å². The minimum Gasteiger partial charge on any atom is -0.277 e. The Bertz CT molecular complexity index is 758. The molecule has 2 rings (SSSR count). The average Bonchev–Trinajstić information content (AvgIpc) is 2.36. The van der Waals surface area contributed by atoms with Crippen molar-refractivity contribution < 1.29 is 17.2 Å². The zero-order valence-electron chi connectivity index (χ0n) is 10.9. The van der Waals surface area contributed by atoms with E-state index in [1.807, 2.05) is 6.92 Å². The van der Waals surface area contributed by atoms with E-state index in [2.05, 4.69) is 4.72 Å². The van der Waals surface area contributed by atoms with Crippen LogP contribution < -0.4 is 4.72 Å². The molecule has 0 saturated heterocycles. The van der Waals surface area contributed by atoms with Gasteiger partial charge in [0.05, 0.1) is 10.6 Å². The first-order valence-corrected chi connectivity index (χ1v) is 7.33. The molecule has 0 spiro atoms. The highest BCUT2D eigenvalue weighted by Crippen LogP contribution is 2.21. The van der Waals surface area contributed by atoms with Crippen LogP contribution in [0.25, 0.3) is 0 Å². The first-order valence-electron chi connectivity index (χ1n) is 5.85. The lowest BCUT2D eigenvalue weighted by Gasteiger charge is -2.10. The molecule has 0 aliphatic carbocycles. The van der Waals surface area contributed by atoms with Crippen molar-refractivity contribution in [3.05, 3.63) is 59.2 Å². The molecule has 0 aromatic heterocycles. The van der Waals surface area contributed by atoms with Gasteiger partial charge in [-0.05, 0) is 49.2 Å². The van der Waals surface area contributed by atoms with Gasteiger partial charge in [-0.1, -0.05) is 6.07 Å². The van der Waals surface area contributed by atoms with Crippen molar-refractivity contribution >= 4 is 15.7 Å². The van der Waals surface area contributed by atoms with E-state index >= 15 is 0 Å². The van der Waals surface area contributed by atoms with E-state index < -0.39 is 21.7 Å². The largest absolute Gasteiger partial charge is 0.277 e. The summed E-state index contributed by atoms with van der Waals surface area (Å²) in [6.45, 7) is 3.64. The highest BCUT2D eigenvalue weighted by Gasteiger charge is 2.17. The molecule has 0 fully saturated rings. The molecule has 1 N–H and O–H groups in total. The van der Waals surface area contributed by atoms with Crippen molar-refractivity contribution in [1.29, 1.82) is 0 Å². The molecular weight excluding hydrogens is 284 g/mol. The Morgan fingerprint density at radius 2 is 1.65 bits per heavy atom. The summed E-state index contributed by atoms with van der Waals surface area (Å²) >= 11 is 0. The molecule has 3 nitrogen and oxygen atoms in total. The maximum absolute atomic E-state index is 13.5. The van der Waals surface area contributed by atoms with Gasteiger partial charge in [0, 0.05) is 6.07 Å². The smallest absolute Gasteiger partial charge is 0.261 e. The monoisotopic (exact) mass is 297 g/mol. The molecule has 0 saturated carbocycles. The van der Waals surface area contributed by atoms with Crippen LogP contribution in [-0.2, 0) is 10.0 Å². The zero-order valence-corrected chi connectivity index (χ0v) is 11.8. The summed E-state index contributed by atoms with van der Waals surface area (Å²) < 4.78 is 52.6. The molecule has 0 aliphatic rings. The van der Waals surface area contributed by atoms with E-state index in [1.165, 1.54) is 12.1 Å². The highest BCUT2D eigenvalue weighted by molar-refractivity contribution is 7.92. The molecule has 0 amide bonds. The van der Waals surface area contributed by atoms with Crippen LogP contribution in [0.15, 0.2) is 41.3 Å². The number of aryl methyl sites for hydroxylation is 2. The lowest BCUT2D eigenvalue weighted by molar-refractivity contribution is 0.583. The van der Waals surface area contributed by atoms with Crippen molar-refractivity contribution in [3.63, 3.8) is 0 Å². The van der Waals surface area contributed by atoms with Crippen LogP contribution in [0.5, 0.6) is 0 Å². The summed E-state index contributed by atoms with van der Waals surface area (Å²) in [7, 11) is -3.90. The number of hydrogen-bond donors (Lipinski definition) is 1. The van der Waals surface area contributed by atoms with Crippen LogP contribution in [0, 0.1) is 25.5 Å². The first kappa shape index (κ1) is 14.5. The standard InChI is InChI=1S/C14H13F2NO2S/c1-9-3-5-12(7-10(9)2)20(18,19)17-14-6-4-11(15)8-13(14)16/h3-8,17H,1-2H3. The topological polar surface area (TPSA) is 46.2 Å². The molecule has 2 aromatic rings. The van der Waals surface area contributed by atoms with Crippen molar-refractivity contribution in [2.75, 3.05) is 4.72 Å². The molecule has 0 aliphatic heterocycles. The van der Waals surface area contributed by atoms with E-state index in [9.17, 15) is 17.2 Å². The van der Waals surface area contributed by atoms with Crippen molar-refractivity contribution in [2.24, 2.45) is 0 Å². The third-order valence-electron chi connectivity index (χ3n) is 2.96. The van der Waals surface area contributed by atoms with Crippen LogP contribution in [0.2, 0.25) is 0 Å². The van der Waals surface area contributed by atoms with Gasteiger partial charge in [-0.3, -0.25) is 4.72 Å². The number of rotatable bonds is 3. The van der Waals surface area contributed by atoms with Crippen LogP contribution in [0.1, 0.15) is 11.1 Å². The second-order valence-electron chi connectivity index (χ2n) is 4.48. The average molecular weight is 297 g/mol. The van der Waals surface area contributed by atoms with Crippen LogP contribution in [0.4, 0.5) is 14.5 Å². The highest BCUT2D eigenvalue weighted by atomic mass is 32.2. The summed E-state index contributed by atoms with van der Waals surface area (Å²) in [5.74, 6) is -1.73. The molecule has 0 radical (unpaired) electrons. The maximum Gasteiger partial charge on any atom is 0.261 e. The molecular formula is C14H13F2NO2S. The van der Waals surface area contributed by atoms with E-state index in [1.54, 1.807) is 13.0 Å². The summed E-state index contributed by atoms with van der Waals surface area (Å²) in [5, 5.41) is 0. The van der Waals surface area contributed by atoms with E-state index in [4.69, 9.17) is 0 Å². The predicted octanol–water partition coefficient (Wildman–Crippen LogP) is 3.38. The molecule has 106 valence electrons. The molecule has 0 atom stereocenters. The molecule has 20 heavy (non-hydrogen) atoms. The minimum absolute atomic E-state index is 0.0318. The van der Waals surface area contributed by atoms with Crippen molar-refractivity contribution in [2.45, 2.75) is 18.7 Å². The second-order valence-corrected chi connectivity index (χ2v) is 6.16. The van der Waals surface area contributed by atoms with Crippen molar-refractivity contribution in [1.82, 2.24) is 0 Å². The van der Waals surface area contributed by atoms with Crippen LogP contribution >= 0.6 is 0 Å². The van der Waals surface area contributed by atoms with E-state index in [0.29, 0.717) is 6.07 Å². The summed E-state index contributed by atoms with van der Waals surface area (Å²) in [5.41, 5.74) is 1.48. The Hall–Kier alpha value is -1.95. The van der Waals surface area contributed by atoms with Gasteiger partial charge in [0.1, 0.15) is 11.6 Å². The van der Waals surface area contributed by atoms with Crippen molar-refractivity contribution in [3.8, 4) is 0 Å². The Balaban J connectivity index is 2.38. The molecule has 6 heteroatoms. The first-order chi connectivity index (χ1) is 9.29. The van der Waals surface area contributed by atoms with Gasteiger partial charge in [0.25, 0.3) is 10.0 Å². The molecule has 0 unspecified atom stereocenters. The minimum atomic E-state index is -3.90. The normalized spacial score (nSPS) is 11.4. The summed E-state index contributed by atoms with van der Waals surface area (Å²) in [6, 6.07) is 7.26. The number of anilines is 1. The molecule has 0 bridgehead atoms. The van der Waals surface area contributed by atoms with Gasteiger partial charge in [-0.15, -0.1) is 0 Å². The third kappa shape index (κ3) is 2.96. The SMILES string of the molecule is Cc1ccc(S(=O)(=O)Nc2ccc(F)cc2F)cc1C. The fourth-order valence-electron chi connectivity index (χ4n) is 1.66. The summed E-state index contributed by atoms with van der Waals surface area (Å²) in [4.78, 5) is 0.0318. The lowest BCUT2D eigenvalue weighted by Crippen LogP contribution is -2.14. The quantitative estimate of drug-likeness (QED) is 0.944. The lowest BCUT2D eigenvalue weighted by atomic mass is 10.1. The number of nitrogens with one attached hydrogen (secondary N) is 1. The summed E-state index contributed by atoms with van der Waals surface area (Å²) in [6.07, 6.45) is 0. The molecule has 0 heterocycles. The van der Waals surface area contributed by atoms with Gasteiger partial charge >= 0.3 is 0 Å². The fourth-order valence-corrected chi connectivity index (χ4v) is 2.81. The Labute approximate surface area is 116 Å². The zero-order chi connectivity index (χ0) is 14.9. The number of hydrogen-bond acceptors (Lipinski definition) is 2. The second kappa shape index (κ2) is 5.20. The fraction of sp³-hybridized carbons (Fsp3) is 0.143. The Morgan fingerprint density at radius 3 is 2.25 bits per heavy atom. The maximum atomic E-state index is 13.5. The van der Waals surface area contributed by atoms with Gasteiger partial charge in [0.2, 0.25) is 0 Å². The van der Waals surface area contributed by atoms with Crippen LogP contribution in [0.3, 0.4) is 0 Å². The van der Waals surface area contributed by atoms with Gasteiger partial charge < -0.3 is 0 Å². The van der Waals surface area contributed by atoms with E-state index in [0.717, 1.165) is 23.3 Å². The molecule has 2 aromatic carbocycles. The van der Waals surface area contributed by atoms with Gasteiger partial charge in [-0.25, -0.2) is 17.2 Å². The Kier molecular flexibility index (Phi) is 3.76. The van der Waals surface area contributed by atoms with Gasteiger partial charge in [-0.2, -0.15) is 0 Å². The van der Waals surface area contributed by atoms with E-state index in [-0.39, 0.29) is 10.6 Å². The number of halogens is 2. The predicted molar refractivity (Wildman–Crippen MR) is 73.1 cm³/mol. The number of benzene rings is 2. The van der Waals surface area contributed by atoms with Gasteiger partial charge in [0.15, 0.2) is 0 Å².